The number of amides is 1. The molecule has 2 fully saturated rings. The number of hydrogen-bond donors (Lipinski definition) is 0. The van der Waals surface area contributed by atoms with Crippen LogP contribution in [0.2, 0.25) is 5.02 Å². The Bertz CT molecular complexity index is 843. The van der Waals surface area contributed by atoms with Crippen LogP contribution in [0.4, 0.5) is 0 Å². The number of rotatable bonds is 4. The van der Waals surface area contributed by atoms with Gasteiger partial charge in [0.15, 0.2) is 5.78 Å². The van der Waals surface area contributed by atoms with Crippen molar-refractivity contribution >= 4 is 23.3 Å². The minimum absolute atomic E-state index is 0.00230. The zero-order valence-corrected chi connectivity index (χ0v) is 17.1. The zero-order chi connectivity index (χ0) is 20.2. The molecule has 3 heterocycles. The van der Waals surface area contributed by atoms with E-state index in [2.05, 4.69) is 15.0 Å². The Labute approximate surface area is 176 Å². The average molecular weight is 413 g/mol. The molecule has 6 nitrogen and oxygen atoms in total. The molecule has 4 rings (SSSR count). The third-order valence-corrected chi connectivity index (χ3v) is 6.05. The summed E-state index contributed by atoms with van der Waals surface area (Å²) in [7, 11) is 0. The smallest absolute Gasteiger partial charge is 0.272 e. The van der Waals surface area contributed by atoms with E-state index in [1.165, 1.54) is 0 Å². The molecule has 1 amide bonds. The maximum atomic E-state index is 12.7. The number of piperazine rings is 1. The molecule has 0 saturated carbocycles. The summed E-state index contributed by atoms with van der Waals surface area (Å²) in [5.74, 6) is 0.282. The molecule has 0 atom stereocenters. The Kier molecular flexibility index (Phi) is 6.23. The summed E-state index contributed by atoms with van der Waals surface area (Å²) in [6.45, 7) is 4.76. The summed E-state index contributed by atoms with van der Waals surface area (Å²) in [5.41, 5.74) is 1.25. The lowest BCUT2D eigenvalue weighted by Crippen LogP contribution is -2.56. The molecule has 1 aromatic heterocycles. The van der Waals surface area contributed by atoms with Gasteiger partial charge in [-0.15, -0.1) is 0 Å². The Morgan fingerprint density at radius 3 is 2.14 bits per heavy atom. The second kappa shape index (κ2) is 9.03. The number of Topliss-reactive ketones (excluding diaryl/α,β-unsaturated/α-hetero) is 1. The van der Waals surface area contributed by atoms with Crippen molar-refractivity contribution in [1.82, 2.24) is 19.9 Å². The minimum atomic E-state index is -0.00230. The van der Waals surface area contributed by atoms with Gasteiger partial charge in [0.2, 0.25) is 0 Å². The highest BCUT2D eigenvalue weighted by Gasteiger charge is 2.31. The standard InChI is InChI=1S/C22H25ClN4O2/c23-19-6-4-17(5-7-19)21(28)18-8-11-26(12-9-18)27-15-13-25(14-16-27)22(29)20-3-1-2-10-24-20/h1-7,10,18H,8-9,11-16H2. The molecule has 0 radical (unpaired) electrons. The SMILES string of the molecule is O=C(c1ccc(Cl)cc1)C1CCN(N2CCN(C(=O)c3ccccn3)CC2)CC1. The van der Waals surface area contributed by atoms with E-state index in [-0.39, 0.29) is 17.6 Å². The first-order valence-corrected chi connectivity index (χ1v) is 10.5. The first-order valence-electron chi connectivity index (χ1n) is 10.1. The average Bonchev–Trinajstić information content (AvgIpc) is 2.79. The fourth-order valence-electron chi connectivity index (χ4n) is 4.09. The van der Waals surface area contributed by atoms with Crippen molar-refractivity contribution in [3.8, 4) is 0 Å². The second-order valence-corrected chi connectivity index (χ2v) is 8.00. The first kappa shape index (κ1) is 20.0. The molecule has 2 saturated heterocycles. The van der Waals surface area contributed by atoms with E-state index in [9.17, 15) is 9.59 Å². The van der Waals surface area contributed by atoms with E-state index in [4.69, 9.17) is 11.6 Å². The fraction of sp³-hybridized carbons (Fsp3) is 0.409. The highest BCUT2D eigenvalue weighted by molar-refractivity contribution is 6.30. The van der Waals surface area contributed by atoms with E-state index in [1.54, 1.807) is 24.4 Å². The monoisotopic (exact) mass is 412 g/mol. The molecular formula is C22H25ClN4O2. The van der Waals surface area contributed by atoms with Crippen LogP contribution in [0.1, 0.15) is 33.7 Å². The van der Waals surface area contributed by atoms with Crippen molar-refractivity contribution < 1.29 is 9.59 Å². The molecule has 152 valence electrons. The predicted molar refractivity (Wildman–Crippen MR) is 112 cm³/mol. The van der Waals surface area contributed by atoms with Crippen LogP contribution < -0.4 is 0 Å². The second-order valence-electron chi connectivity index (χ2n) is 7.56. The summed E-state index contributed by atoms with van der Waals surface area (Å²) in [6.07, 6.45) is 3.36. The predicted octanol–water partition coefficient (Wildman–Crippen LogP) is 3.00. The van der Waals surface area contributed by atoms with Crippen LogP contribution in [0.3, 0.4) is 0 Å². The van der Waals surface area contributed by atoms with Gasteiger partial charge in [-0.05, 0) is 49.2 Å². The fourth-order valence-corrected chi connectivity index (χ4v) is 4.22. The summed E-state index contributed by atoms with van der Waals surface area (Å²) in [5, 5.41) is 5.32. The quantitative estimate of drug-likeness (QED) is 0.722. The molecule has 29 heavy (non-hydrogen) atoms. The van der Waals surface area contributed by atoms with Crippen LogP contribution in [0.25, 0.3) is 0 Å². The Morgan fingerprint density at radius 2 is 1.52 bits per heavy atom. The van der Waals surface area contributed by atoms with E-state index < -0.39 is 0 Å². The van der Waals surface area contributed by atoms with Gasteiger partial charge in [0.05, 0.1) is 0 Å². The summed E-state index contributed by atoms with van der Waals surface area (Å²) >= 11 is 5.92. The van der Waals surface area contributed by atoms with Crippen molar-refractivity contribution in [2.24, 2.45) is 5.92 Å². The highest BCUT2D eigenvalue weighted by Crippen LogP contribution is 2.24. The van der Waals surface area contributed by atoms with Gasteiger partial charge in [0.25, 0.3) is 5.91 Å². The van der Waals surface area contributed by atoms with Gasteiger partial charge in [-0.3, -0.25) is 14.6 Å². The molecule has 0 bridgehead atoms. The van der Waals surface area contributed by atoms with Crippen LogP contribution >= 0.6 is 11.6 Å². The van der Waals surface area contributed by atoms with Crippen molar-refractivity contribution in [3.63, 3.8) is 0 Å². The van der Waals surface area contributed by atoms with Gasteiger partial charge in [-0.1, -0.05) is 17.7 Å². The number of aromatic nitrogens is 1. The lowest BCUT2D eigenvalue weighted by molar-refractivity contribution is -0.0691. The van der Waals surface area contributed by atoms with Crippen LogP contribution in [0, 0.1) is 5.92 Å². The lowest BCUT2D eigenvalue weighted by Gasteiger charge is -2.43. The van der Waals surface area contributed by atoms with Crippen LogP contribution in [-0.2, 0) is 0 Å². The van der Waals surface area contributed by atoms with Crippen molar-refractivity contribution in [2.75, 3.05) is 39.3 Å². The van der Waals surface area contributed by atoms with E-state index in [0.29, 0.717) is 23.8 Å². The molecule has 2 aliphatic rings. The largest absolute Gasteiger partial charge is 0.335 e. The van der Waals surface area contributed by atoms with Crippen molar-refractivity contribution in [2.45, 2.75) is 12.8 Å². The number of piperidine rings is 1. The zero-order valence-electron chi connectivity index (χ0n) is 16.3. The van der Waals surface area contributed by atoms with E-state index in [1.807, 2.05) is 29.2 Å². The molecule has 0 aliphatic carbocycles. The molecule has 1 aromatic carbocycles. The van der Waals surface area contributed by atoms with E-state index in [0.717, 1.165) is 44.6 Å². The number of ketones is 1. The maximum absolute atomic E-state index is 12.7. The van der Waals surface area contributed by atoms with Crippen molar-refractivity contribution in [3.05, 3.63) is 64.9 Å². The maximum Gasteiger partial charge on any atom is 0.272 e. The van der Waals surface area contributed by atoms with Gasteiger partial charge in [0.1, 0.15) is 5.69 Å². The molecular weight excluding hydrogens is 388 g/mol. The number of carbonyl (C=O) groups excluding carboxylic acids is 2. The minimum Gasteiger partial charge on any atom is -0.335 e. The molecule has 7 heteroatoms. The van der Waals surface area contributed by atoms with E-state index >= 15 is 0 Å². The number of benzene rings is 1. The Morgan fingerprint density at radius 1 is 0.862 bits per heavy atom. The molecule has 0 N–H and O–H groups in total. The topological polar surface area (TPSA) is 56.8 Å². The summed E-state index contributed by atoms with van der Waals surface area (Å²) in [4.78, 5) is 31.3. The first-order chi connectivity index (χ1) is 14.1. The molecule has 0 unspecified atom stereocenters. The van der Waals surface area contributed by atoms with Gasteiger partial charge in [-0.25, -0.2) is 10.0 Å². The Hall–Kier alpha value is -2.28. The van der Waals surface area contributed by atoms with Crippen molar-refractivity contribution in [1.29, 1.82) is 0 Å². The van der Waals surface area contributed by atoms with Gasteiger partial charge >= 0.3 is 0 Å². The molecule has 0 spiro atoms. The number of halogens is 1. The van der Waals surface area contributed by atoms with Crippen LogP contribution in [0.5, 0.6) is 0 Å². The van der Waals surface area contributed by atoms with Gasteiger partial charge in [0, 0.05) is 62.0 Å². The Balaban J connectivity index is 1.26. The summed E-state index contributed by atoms with van der Waals surface area (Å²) < 4.78 is 0. The van der Waals surface area contributed by atoms with Crippen LogP contribution in [-0.4, -0.2) is 70.9 Å². The number of carbonyl (C=O) groups is 2. The number of pyridine rings is 1. The highest BCUT2D eigenvalue weighted by atomic mass is 35.5. The normalized spacial score (nSPS) is 19.3. The van der Waals surface area contributed by atoms with Crippen LogP contribution in [0.15, 0.2) is 48.7 Å². The lowest BCUT2D eigenvalue weighted by atomic mass is 9.89. The number of nitrogens with zero attached hydrogens (tertiary/aromatic N) is 4. The third-order valence-electron chi connectivity index (χ3n) is 5.80. The molecule has 2 aromatic rings. The number of hydrogen-bond acceptors (Lipinski definition) is 5. The van der Waals surface area contributed by atoms with Gasteiger partial charge < -0.3 is 4.90 Å². The van der Waals surface area contributed by atoms with Gasteiger partial charge in [-0.2, -0.15) is 0 Å². The molecule has 2 aliphatic heterocycles. The summed E-state index contributed by atoms with van der Waals surface area (Å²) in [6, 6.07) is 12.6. The third kappa shape index (κ3) is 4.66. The number of hydrazine groups is 1.